The molecule has 1 saturated heterocycles. The Morgan fingerprint density at radius 3 is 2.45 bits per heavy atom. The number of carbonyl (C=O) groups excluding carboxylic acids is 1. The predicted octanol–water partition coefficient (Wildman–Crippen LogP) is 4.46. The summed E-state index contributed by atoms with van der Waals surface area (Å²) in [6.07, 6.45) is 2.63. The highest BCUT2D eigenvalue weighted by Crippen LogP contribution is 2.48. The van der Waals surface area contributed by atoms with Crippen LogP contribution in [-0.4, -0.2) is 66.0 Å². The van der Waals surface area contributed by atoms with E-state index in [1.807, 2.05) is 23.1 Å². The van der Waals surface area contributed by atoms with Gasteiger partial charge >= 0.3 is 6.16 Å². The van der Waals surface area contributed by atoms with Crippen molar-refractivity contribution in [3.05, 3.63) is 23.8 Å². The largest absolute Gasteiger partial charge is 0.506 e. The number of fused-ring (bicyclic) bond motifs is 1. The van der Waals surface area contributed by atoms with Crippen LogP contribution in [-0.2, 0) is 15.1 Å². The van der Waals surface area contributed by atoms with E-state index in [0.717, 1.165) is 44.3 Å². The zero-order valence-electron chi connectivity index (χ0n) is 20.3. The molecule has 1 fully saturated rings. The van der Waals surface area contributed by atoms with Crippen molar-refractivity contribution in [3.8, 4) is 11.5 Å². The Morgan fingerprint density at radius 1 is 1.18 bits per heavy atom. The van der Waals surface area contributed by atoms with Gasteiger partial charge in [0.2, 0.25) is 12.7 Å². The molecular weight excluding hydrogens is 424 g/mol. The van der Waals surface area contributed by atoms with E-state index in [9.17, 15) is 14.7 Å². The van der Waals surface area contributed by atoms with Crippen molar-refractivity contribution in [3.63, 3.8) is 0 Å². The van der Waals surface area contributed by atoms with Crippen LogP contribution >= 0.6 is 0 Å². The summed E-state index contributed by atoms with van der Waals surface area (Å²) < 4.78 is 16.5. The van der Waals surface area contributed by atoms with Crippen molar-refractivity contribution in [1.82, 2.24) is 9.80 Å². The van der Waals surface area contributed by atoms with Crippen LogP contribution in [0.25, 0.3) is 0 Å². The summed E-state index contributed by atoms with van der Waals surface area (Å²) >= 11 is 0. The average molecular weight is 463 g/mol. The Kier molecular flexibility index (Phi) is 8.46. The van der Waals surface area contributed by atoms with E-state index in [2.05, 4.69) is 32.6 Å². The minimum Gasteiger partial charge on any atom is -0.454 e. The maximum atomic E-state index is 13.5. The Balaban J connectivity index is 1.96. The van der Waals surface area contributed by atoms with Gasteiger partial charge < -0.3 is 24.2 Å². The molecule has 8 nitrogen and oxygen atoms in total. The third kappa shape index (κ3) is 5.21. The number of rotatable bonds is 11. The van der Waals surface area contributed by atoms with E-state index in [1.165, 1.54) is 0 Å². The topological polar surface area (TPSA) is 88.5 Å². The van der Waals surface area contributed by atoms with Crippen LogP contribution in [0.1, 0.15) is 65.4 Å². The molecule has 1 aromatic carbocycles. The van der Waals surface area contributed by atoms with Gasteiger partial charge in [0.25, 0.3) is 0 Å². The van der Waals surface area contributed by atoms with Crippen LogP contribution < -0.4 is 9.47 Å². The molecule has 8 heteroatoms. The Hall–Kier alpha value is -2.48. The van der Waals surface area contributed by atoms with Gasteiger partial charge in [0.15, 0.2) is 11.5 Å². The first kappa shape index (κ1) is 25.1. The molecule has 33 heavy (non-hydrogen) atoms. The second-order valence-electron chi connectivity index (χ2n) is 9.22. The number of ether oxygens (including phenoxy) is 3. The van der Waals surface area contributed by atoms with Crippen molar-refractivity contribution in [2.24, 2.45) is 5.92 Å². The van der Waals surface area contributed by atoms with Crippen molar-refractivity contribution in [2.45, 2.75) is 71.4 Å². The molecule has 2 aliphatic heterocycles. The number of carboxylic acid groups (broad SMARTS) is 1. The first-order chi connectivity index (χ1) is 15.8. The normalized spacial score (nSPS) is 22.0. The Morgan fingerprint density at radius 2 is 1.85 bits per heavy atom. The summed E-state index contributed by atoms with van der Waals surface area (Å²) in [5.74, 6) is 1.36. The van der Waals surface area contributed by atoms with Crippen molar-refractivity contribution in [1.29, 1.82) is 0 Å². The molecule has 0 aliphatic carbocycles. The fourth-order valence-corrected chi connectivity index (χ4v) is 5.27. The third-order valence-electron chi connectivity index (χ3n) is 6.88. The second kappa shape index (κ2) is 11.1. The van der Waals surface area contributed by atoms with Crippen LogP contribution in [0.5, 0.6) is 11.5 Å². The number of carbonyl (C=O) groups is 2. The van der Waals surface area contributed by atoms with Crippen LogP contribution in [0.4, 0.5) is 4.79 Å². The quantitative estimate of drug-likeness (QED) is 0.486. The zero-order chi connectivity index (χ0) is 24.0. The van der Waals surface area contributed by atoms with Crippen LogP contribution in [0.3, 0.4) is 0 Å². The molecule has 2 aliphatic rings. The third-order valence-corrected chi connectivity index (χ3v) is 6.88. The summed E-state index contributed by atoms with van der Waals surface area (Å²) in [6.45, 7) is 10.8. The number of benzene rings is 1. The maximum absolute atomic E-state index is 13.5. The molecule has 0 radical (unpaired) electrons. The van der Waals surface area contributed by atoms with Crippen molar-refractivity contribution >= 4 is 12.1 Å². The highest BCUT2D eigenvalue weighted by Gasteiger charge is 2.55. The zero-order valence-corrected chi connectivity index (χ0v) is 20.3. The van der Waals surface area contributed by atoms with Gasteiger partial charge in [-0.05, 0) is 42.9 Å². The monoisotopic (exact) mass is 462 g/mol. The molecule has 0 aromatic heterocycles. The molecule has 3 rings (SSSR count). The standard InChI is InChI=1S/C25H38N2O6/c1-5-7-12-26(13-8-6-2)23(28)16-27-14-11-22(33-24(29)30)25(27,18(3)4)19-9-10-20-21(15-19)32-17-31-20/h9-10,15,18,22H,5-8,11-14,16-17H2,1-4H3,(H,29,30)/t22-,25-/m0/s1. The molecule has 0 spiro atoms. The first-order valence-corrected chi connectivity index (χ1v) is 12.2. The molecule has 1 amide bonds. The van der Waals surface area contributed by atoms with Crippen LogP contribution in [0.15, 0.2) is 18.2 Å². The highest BCUT2D eigenvalue weighted by molar-refractivity contribution is 5.78. The number of hydrogen-bond donors (Lipinski definition) is 1. The van der Waals surface area contributed by atoms with Crippen LogP contribution in [0.2, 0.25) is 0 Å². The fraction of sp³-hybridized carbons (Fsp3) is 0.680. The van der Waals surface area contributed by atoms with Gasteiger partial charge in [-0.3, -0.25) is 9.69 Å². The lowest BCUT2D eigenvalue weighted by Gasteiger charge is -2.45. The van der Waals surface area contributed by atoms with Crippen molar-refractivity contribution in [2.75, 3.05) is 33.0 Å². The van der Waals surface area contributed by atoms with E-state index in [0.29, 0.717) is 24.5 Å². The Labute approximate surface area is 196 Å². The van der Waals surface area contributed by atoms with Crippen LogP contribution in [0, 0.1) is 5.92 Å². The lowest BCUT2D eigenvalue weighted by atomic mass is 9.75. The number of nitrogens with zero attached hydrogens (tertiary/aromatic N) is 2. The highest BCUT2D eigenvalue weighted by atomic mass is 16.7. The molecule has 1 N–H and O–H groups in total. The smallest absolute Gasteiger partial charge is 0.454 e. The molecule has 0 unspecified atom stereocenters. The minimum absolute atomic E-state index is 0.0164. The van der Waals surface area contributed by atoms with Gasteiger partial charge in [-0.2, -0.15) is 0 Å². The van der Waals surface area contributed by atoms with Gasteiger partial charge in [0.1, 0.15) is 6.10 Å². The van der Waals surface area contributed by atoms with E-state index in [4.69, 9.17) is 14.2 Å². The molecule has 0 saturated carbocycles. The van der Waals surface area contributed by atoms with E-state index < -0.39 is 17.8 Å². The number of hydrogen-bond acceptors (Lipinski definition) is 6. The summed E-state index contributed by atoms with van der Waals surface area (Å²) in [6, 6.07) is 5.71. The molecule has 2 heterocycles. The van der Waals surface area contributed by atoms with Gasteiger partial charge in [0, 0.05) is 19.6 Å². The predicted molar refractivity (Wildman–Crippen MR) is 125 cm³/mol. The van der Waals surface area contributed by atoms with E-state index in [1.54, 1.807) is 0 Å². The van der Waals surface area contributed by atoms with E-state index in [-0.39, 0.29) is 25.2 Å². The second-order valence-corrected chi connectivity index (χ2v) is 9.22. The molecular formula is C25H38N2O6. The van der Waals surface area contributed by atoms with E-state index >= 15 is 0 Å². The number of likely N-dealkylation sites (tertiary alicyclic amines) is 1. The Bertz CT molecular complexity index is 821. The summed E-state index contributed by atoms with van der Waals surface area (Å²) in [5, 5.41) is 9.48. The average Bonchev–Trinajstić information content (AvgIpc) is 3.38. The molecule has 184 valence electrons. The summed E-state index contributed by atoms with van der Waals surface area (Å²) in [5.41, 5.74) is 0.0999. The van der Waals surface area contributed by atoms with Gasteiger partial charge in [-0.25, -0.2) is 4.79 Å². The maximum Gasteiger partial charge on any atom is 0.506 e. The van der Waals surface area contributed by atoms with Gasteiger partial charge in [0.05, 0.1) is 12.1 Å². The lowest BCUT2D eigenvalue weighted by Crippen LogP contribution is -2.55. The number of amides is 1. The SMILES string of the molecule is CCCCN(CCCC)C(=O)CN1CC[C@H](OC(=O)O)[C@@]1(c1ccc2c(c1)OCO2)C(C)C. The van der Waals surface area contributed by atoms with Gasteiger partial charge in [-0.1, -0.05) is 46.6 Å². The lowest BCUT2D eigenvalue weighted by molar-refractivity contribution is -0.135. The summed E-state index contributed by atoms with van der Waals surface area (Å²) in [7, 11) is 0. The van der Waals surface area contributed by atoms with Gasteiger partial charge in [-0.15, -0.1) is 0 Å². The first-order valence-electron chi connectivity index (χ1n) is 12.2. The summed E-state index contributed by atoms with van der Waals surface area (Å²) in [4.78, 5) is 29.1. The minimum atomic E-state index is -1.30. The fourth-order valence-electron chi connectivity index (χ4n) is 5.27. The molecule has 1 aromatic rings. The van der Waals surface area contributed by atoms with Crippen molar-refractivity contribution < 1.29 is 28.9 Å². The molecule has 2 atom stereocenters. The number of unbranched alkanes of at least 4 members (excludes halogenated alkanes) is 2. The molecule has 0 bridgehead atoms.